The average Bonchev–Trinajstić information content (AvgIpc) is 3.12. The first-order chi connectivity index (χ1) is 12.8. The number of benzene rings is 1. The molecular formula is C16H18ClF4N5O2. The van der Waals surface area contributed by atoms with Crippen LogP contribution in [0.3, 0.4) is 0 Å². The van der Waals surface area contributed by atoms with E-state index >= 15 is 0 Å². The largest absolute Gasteiger partial charge is 0.482 e. The zero-order chi connectivity index (χ0) is 19.4. The minimum Gasteiger partial charge on any atom is -0.482 e. The second-order valence-corrected chi connectivity index (χ2v) is 6.06. The molecule has 2 heterocycles. The Bertz CT molecular complexity index is 809. The lowest BCUT2D eigenvalue weighted by Crippen LogP contribution is -2.29. The predicted molar refractivity (Wildman–Crippen MR) is 94.3 cm³/mol. The summed E-state index contributed by atoms with van der Waals surface area (Å²) >= 11 is 0. The number of carbonyl (C=O) groups excluding carboxylic acids is 1. The number of nitrogens with zero attached hydrogens (tertiary/aromatic N) is 3. The second-order valence-electron chi connectivity index (χ2n) is 6.06. The number of aromatic nitrogens is 3. The zero-order valence-electron chi connectivity index (χ0n) is 14.5. The average molecular weight is 424 g/mol. The van der Waals surface area contributed by atoms with E-state index in [1.54, 1.807) is 4.68 Å². The standard InChI is InChI=1S/C16H17F4N5O2.ClH/c17-10-1-2-12(14(7-10)27-9-16(18,19)20)22-15(26)13-8-25(24-23-13)11-3-5-21-6-4-11;/h1-2,7-8,11,21H,3-6,9H2,(H,22,26);1H. The molecule has 1 aliphatic rings. The van der Waals surface area contributed by atoms with E-state index in [9.17, 15) is 22.4 Å². The normalized spacial score (nSPS) is 15.0. The Kier molecular flexibility index (Phi) is 7.19. The number of hydrogen-bond acceptors (Lipinski definition) is 5. The van der Waals surface area contributed by atoms with Crippen LogP contribution in [0.2, 0.25) is 0 Å². The summed E-state index contributed by atoms with van der Waals surface area (Å²) in [5.74, 6) is -1.90. The minimum absolute atomic E-state index is 0. The number of anilines is 1. The molecule has 3 rings (SSSR count). The molecule has 0 aliphatic carbocycles. The van der Waals surface area contributed by atoms with Crippen LogP contribution in [-0.4, -0.2) is 46.8 Å². The van der Waals surface area contributed by atoms with Crippen LogP contribution in [0.1, 0.15) is 29.4 Å². The van der Waals surface area contributed by atoms with Crippen molar-refractivity contribution in [2.75, 3.05) is 25.0 Å². The first-order valence-corrected chi connectivity index (χ1v) is 8.25. The number of carbonyl (C=O) groups is 1. The van der Waals surface area contributed by atoms with Gasteiger partial charge >= 0.3 is 6.18 Å². The van der Waals surface area contributed by atoms with Crippen molar-refractivity contribution in [3.63, 3.8) is 0 Å². The Morgan fingerprint density at radius 3 is 2.71 bits per heavy atom. The third-order valence-electron chi connectivity index (χ3n) is 4.01. The van der Waals surface area contributed by atoms with Gasteiger partial charge in [-0.2, -0.15) is 13.2 Å². The molecule has 0 unspecified atom stereocenters. The Hall–Kier alpha value is -2.40. The van der Waals surface area contributed by atoms with Crippen molar-refractivity contribution in [3.8, 4) is 5.75 Å². The summed E-state index contributed by atoms with van der Waals surface area (Å²) in [6.45, 7) is 0.0638. The molecule has 28 heavy (non-hydrogen) atoms. The smallest absolute Gasteiger partial charge is 0.422 e. The molecule has 1 aliphatic heterocycles. The molecule has 1 amide bonds. The van der Waals surface area contributed by atoms with Gasteiger partial charge in [-0.05, 0) is 38.1 Å². The summed E-state index contributed by atoms with van der Waals surface area (Å²) < 4.78 is 56.6. The van der Waals surface area contributed by atoms with Gasteiger partial charge in [0.25, 0.3) is 5.91 Å². The number of nitrogens with one attached hydrogen (secondary N) is 2. The summed E-state index contributed by atoms with van der Waals surface area (Å²) in [7, 11) is 0. The van der Waals surface area contributed by atoms with Gasteiger partial charge in [0.15, 0.2) is 12.3 Å². The van der Waals surface area contributed by atoms with Gasteiger partial charge in [-0.3, -0.25) is 4.79 Å². The minimum atomic E-state index is -4.59. The molecule has 1 saturated heterocycles. The van der Waals surface area contributed by atoms with Crippen LogP contribution in [0.25, 0.3) is 0 Å². The Morgan fingerprint density at radius 2 is 2.04 bits per heavy atom. The number of amides is 1. The maximum Gasteiger partial charge on any atom is 0.422 e. The monoisotopic (exact) mass is 423 g/mol. The highest BCUT2D eigenvalue weighted by Crippen LogP contribution is 2.28. The van der Waals surface area contributed by atoms with E-state index in [-0.39, 0.29) is 29.8 Å². The summed E-state index contributed by atoms with van der Waals surface area (Å²) in [4.78, 5) is 12.3. The van der Waals surface area contributed by atoms with Gasteiger partial charge in [0.1, 0.15) is 11.6 Å². The number of hydrogen-bond donors (Lipinski definition) is 2. The molecular weight excluding hydrogens is 406 g/mol. The van der Waals surface area contributed by atoms with Crippen molar-refractivity contribution in [1.29, 1.82) is 0 Å². The maximum absolute atomic E-state index is 13.3. The van der Waals surface area contributed by atoms with E-state index in [1.807, 2.05) is 0 Å². The highest BCUT2D eigenvalue weighted by Gasteiger charge is 2.29. The molecule has 154 valence electrons. The summed E-state index contributed by atoms with van der Waals surface area (Å²) in [5, 5.41) is 13.3. The van der Waals surface area contributed by atoms with Gasteiger partial charge < -0.3 is 15.4 Å². The van der Waals surface area contributed by atoms with Gasteiger partial charge in [-0.1, -0.05) is 5.21 Å². The molecule has 2 N–H and O–H groups in total. The third kappa shape index (κ3) is 5.80. The van der Waals surface area contributed by atoms with E-state index in [0.717, 1.165) is 44.1 Å². The van der Waals surface area contributed by atoms with Crippen LogP contribution in [0.4, 0.5) is 23.2 Å². The molecule has 0 bridgehead atoms. The quantitative estimate of drug-likeness (QED) is 0.723. The summed E-state index contributed by atoms with van der Waals surface area (Å²) in [5.41, 5.74) is -0.0957. The van der Waals surface area contributed by atoms with Crippen LogP contribution < -0.4 is 15.4 Å². The van der Waals surface area contributed by atoms with Gasteiger partial charge in [0, 0.05) is 6.07 Å². The lowest BCUT2D eigenvalue weighted by atomic mass is 10.1. The first kappa shape index (κ1) is 21.9. The molecule has 1 fully saturated rings. The van der Waals surface area contributed by atoms with Crippen LogP contribution >= 0.6 is 12.4 Å². The highest BCUT2D eigenvalue weighted by molar-refractivity contribution is 6.03. The third-order valence-corrected chi connectivity index (χ3v) is 4.01. The van der Waals surface area contributed by atoms with E-state index in [4.69, 9.17) is 0 Å². The highest BCUT2D eigenvalue weighted by atomic mass is 35.5. The molecule has 7 nitrogen and oxygen atoms in total. The van der Waals surface area contributed by atoms with Gasteiger partial charge in [-0.25, -0.2) is 9.07 Å². The van der Waals surface area contributed by atoms with E-state index < -0.39 is 30.3 Å². The molecule has 1 aromatic heterocycles. The molecule has 0 radical (unpaired) electrons. The van der Waals surface area contributed by atoms with E-state index in [1.165, 1.54) is 6.20 Å². The fourth-order valence-electron chi connectivity index (χ4n) is 2.70. The topological polar surface area (TPSA) is 81.1 Å². The van der Waals surface area contributed by atoms with Crippen LogP contribution in [0.5, 0.6) is 5.75 Å². The number of rotatable bonds is 5. The first-order valence-electron chi connectivity index (χ1n) is 8.25. The number of ether oxygens (including phenoxy) is 1. The van der Waals surface area contributed by atoms with Gasteiger partial charge in [-0.15, -0.1) is 17.5 Å². The lowest BCUT2D eigenvalue weighted by molar-refractivity contribution is -0.153. The van der Waals surface area contributed by atoms with Crippen molar-refractivity contribution in [1.82, 2.24) is 20.3 Å². The molecule has 0 saturated carbocycles. The van der Waals surface area contributed by atoms with Crippen molar-refractivity contribution in [3.05, 3.63) is 35.9 Å². The molecule has 12 heteroatoms. The molecule has 1 aromatic carbocycles. The maximum atomic E-state index is 13.3. The summed E-state index contributed by atoms with van der Waals surface area (Å²) in [6.07, 6.45) is -1.42. The van der Waals surface area contributed by atoms with Crippen molar-refractivity contribution >= 4 is 24.0 Å². The Morgan fingerprint density at radius 1 is 1.32 bits per heavy atom. The predicted octanol–water partition coefficient (Wildman–Crippen LogP) is 2.96. The lowest BCUT2D eigenvalue weighted by Gasteiger charge is -2.22. The SMILES string of the molecule is Cl.O=C(Nc1ccc(F)cc1OCC(F)(F)F)c1cn(C2CCNCC2)nn1. The number of alkyl halides is 3. The van der Waals surface area contributed by atoms with E-state index in [0.29, 0.717) is 0 Å². The summed E-state index contributed by atoms with van der Waals surface area (Å²) in [6, 6.07) is 3.02. The fourth-order valence-corrected chi connectivity index (χ4v) is 2.70. The Balaban J connectivity index is 0.00000280. The fraction of sp³-hybridized carbons (Fsp3) is 0.438. The zero-order valence-corrected chi connectivity index (χ0v) is 15.3. The number of piperidine rings is 1. The van der Waals surface area contributed by atoms with Gasteiger partial charge in [0.05, 0.1) is 17.9 Å². The van der Waals surface area contributed by atoms with E-state index in [2.05, 4.69) is 25.7 Å². The van der Waals surface area contributed by atoms with Crippen LogP contribution in [0, 0.1) is 5.82 Å². The van der Waals surface area contributed by atoms with Crippen molar-refractivity contribution in [2.45, 2.75) is 25.1 Å². The molecule has 0 atom stereocenters. The molecule has 0 spiro atoms. The number of halogens is 5. The van der Waals surface area contributed by atoms with Crippen molar-refractivity contribution in [2.24, 2.45) is 0 Å². The van der Waals surface area contributed by atoms with Crippen molar-refractivity contribution < 1.29 is 27.1 Å². The second kappa shape index (κ2) is 9.20. The molecule has 2 aromatic rings. The van der Waals surface area contributed by atoms with Crippen LogP contribution in [0.15, 0.2) is 24.4 Å². The van der Waals surface area contributed by atoms with Crippen LogP contribution in [-0.2, 0) is 0 Å². The van der Waals surface area contributed by atoms with Gasteiger partial charge in [0.2, 0.25) is 0 Å². The Labute approximate surface area is 163 Å².